The lowest BCUT2D eigenvalue weighted by Crippen LogP contribution is -2.89. The summed E-state index contributed by atoms with van der Waals surface area (Å²) < 4.78 is 6.02. The average Bonchev–Trinajstić information content (AvgIpc) is 2.92. The second kappa shape index (κ2) is 6.44. The van der Waals surface area contributed by atoms with Crippen LogP contribution in [-0.4, -0.2) is 47.5 Å². The summed E-state index contributed by atoms with van der Waals surface area (Å²) in [7, 11) is 0. The van der Waals surface area contributed by atoms with E-state index in [2.05, 4.69) is 31.0 Å². The van der Waals surface area contributed by atoms with E-state index in [-0.39, 0.29) is 5.60 Å². The zero-order valence-electron chi connectivity index (χ0n) is 14.6. The van der Waals surface area contributed by atoms with E-state index in [4.69, 9.17) is 14.7 Å². The molecule has 0 saturated carbocycles. The first-order valence-corrected chi connectivity index (χ1v) is 10.5. The van der Waals surface area contributed by atoms with Gasteiger partial charge in [-0.3, -0.25) is 0 Å². The minimum atomic E-state index is -0.106. The van der Waals surface area contributed by atoms with Crippen molar-refractivity contribution in [1.82, 2.24) is 9.97 Å². The molecule has 2 N–H and O–H groups in total. The molecule has 1 saturated heterocycles. The first-order valence-electron chi connectivity index (χ1n) is 8.73. The number of hydrogen-bond donors (Lipinski definition) is 1. The first-order chi connectivity index (χ1) is 11.6. The van der Waals surface area contributed by atoms with Gasteiger partial charge >= 0.3 is 0 Å². The number of fused-ring (bicyclic) bond motifs is 3. The third-order valence-corrected chi connectivity index (χ3v) is 6.50. The van der Waals surface area contributed by atoms with Crippen molar-refractivity contribution in [2.75, 3.05) is 36.8 Å². The second-order valence-corrected chi connectivity index (χ2v) is 9.34. The van der Waals surface area contributed by atoms with E-state index in [9.17, 15) is 0 Å². The standard InChI is InChI=1S/C17H24N4OS2/c1-4-23-16-19-14(21-7-5-18-6-8-21)13-11-9-17(2,3)22-10-12(11)24-15(13)20-16/h18H,4-10H2,1-3H3/p+1. The van der Waals surface area contributed by atoms with Gasteiger partial charge in [0, 0.05) is 11.3 Å². The molecule has 1 fully saturated rings. The Morgan fingerprint density at radius 1 is 1.29 bits per heavy atom. The van der Waals surface area contributed by atoms with E-state index in [0.717, 1.165) is 54.2 Å². The van der Waals surface area contributed by atoms with Gasteiger partial charge in [0.25, 0.3) is 0 Å². The van der Waals surface area contributed by atoms with Crippen LogP contribution in [0.2, 0.25) is 0 Å². The van der Waals surface area contributed by atoms with Gasteiger partial charge in [0.15, 0.2) is 5.16 Å². The predicted octanol–water partition coefficient (Wildman–Crippen LogP) is 2.04. The number of nitrogens with zero attached hydrogens (tertiary/aromatic N) is 3. The molecular weight excluding hydrogens is 340 g/mol. The Labute approximate surface area is 151 Å². The van der Waals surface area contributed by atoms with Crippen molar-refractivity contribution < 1.29 is 10.1 Å². The number of anilines is 1. The normalized spacial score (nSPS) is 20.4. The molecule has 4 heterocycles. The number of aromatic nitrogens is 2. The molecule has 24 heavy (non-hydrogen) atoms. The van der Waals surface area contributed by atoms with Crippen LogP contribution in [-0.2, 0) is 17.8 Å². The molecule has 2 aromatic rings. The van der Waals surface area contributed by atoms with E-state index in [1.54, 1.807) is 23.1 Å². The molecule has 2 aliphatic heterocycles. The Kier molecular flexibility index (Phi) is 4.45. The predicted molar refractivity (Wildman–Crippen MR) is 100 cm³/mol. The summed E-state index contributed by atoms with van der Waals surface area (Å²) in [6.07, 6.45) is 0.943. The minimum absolute atomic E-state index is 0.106. The highest BCUT2D eigenvalue weighted by Crippen LogP contribution is 2.42. The molecule has 0 unspecified atom stereocenters. The van der Waals surface area contributed by atoms with E-state index in [0.29, 0.717) is 6.61 Å². The van der Waals surface area contributed by atoms with E-state index < -0.39 is 0 Å². The first kappa shape index (κ1) is 16.6. The van der Waals surface area contributed by atoms with Crippen molar-refractivity contribution in [2.45, 2.75) is 44.6 Å². The Hall–Kier alpha value is -0.890. The number of nitrogens with two attached hydrogens (primary N) is 1. The van der Waals surface area contributed by atoms with Gasteiger partial charge in [-0.1, -0.05) is 18.7 Å². The molecule has 4 rings (SSSR count). The van der Waals surface area contributed by atoms with Crippen molar-refractivity contribution in [2.24, 2.45) is 0 Å². The lowest BCUT2D eigenvalue weighted by molar-refractivity contribution is -0.655. The summed E-state index contributed by atoms with van der Waals surface area (Å²) in [6, 6.07) is 0. The number of quaternary nitrogens is 1. The van der Waals surface area contributed by atoms with E-state index in [1.165, 1.54) is 15.8 Å². The number of thioether (sulfide) groups is 1. The Bertz CT molecular complexity index is 753. The monoisotopic (exact) mass is 365 g/mol. The number of piperazine rings is 1. The van der Waals surface area contributed by atoms with Crippen LogP contribution in [0.1, 0.15) is 31.2 Å². The molecule has 0 radical (unpaired) electrons. The van der Waals surface area contributed by atoms with Crippen molar-refractivity contribution in [3.8, 4) is 0 Å². The van der Waals surface area contributed by atoms with Crippen molar-refractivity contribution >= 4 is 39.1 Å². The van der Waals surface area contributed by atoms with Gasteiger partial charge in [0.1, 0.15) is 10.6 Å². The van der Waals surface area contributed by atoms with Crippen molar-refractivity contribution in [1.29, 1.82) is 0 Å². The molecule has 5 nitrogen and oxygen atoms in total. The maximum absolute atomic E-state index is 6.02. The number of ether oxygens (including phenoxy) is 1. The summed E-state index contributed by atoms with van der Waals surface area (Å²) in [5.74, 6) is 2.15. The summed E-state index contributed by atoms with van der Waals surface area (Å²) in [5.41, 5.74) is 1.31. The van der Waals surface area contributed by atoms with Gasteiger partial charge < -0.3 is 15.0 Å². The molecule has 0 aromatic carbocycles. The van der Waals surface area contributed by atoms with Crippen LogP contribution < -0.4 is 10.2 Å². The van der Waals surface area contributed by atoms with Crippen LogP contribution in [0.5, 0.6) is 0 Å². The lowest BCUT2D eigenvalue weighted by Gasteiger charge is -2.31. The summed E-state index contributed by atoms with van der Waals surface area (Å²) in [4.78, 5) is 14.8. The van der Waals surface area contributed by atoms with Crippen LogP contribution in [0.25, 0.3) is 10.2 Å². The molecule has 2 aliphatic rings. The maximum atomic E-state index is 6.02. The summed E-state index contributed by atoms with van der Waals surface area (Å²) in [6.45, 7) is 11.6. The maximum Gasteiger partial charge on any atom is 0.190 e. The van der Waals surface area contributed by atoms with Crippen LogP contribution in [0, 0.1) is 0 Å². The number of thiophene rings is 1. The molecule has 0 atom stereocenters. The van der Waals surface area contributed by atoms with Crippen LogP contribution >= 0.6 is 23.1 Å². The quantitative estimate of drug-likeness (QED) is 0.666. The highest BCUT2D eigenvalue weighted by Gasteiger charge is 2.32. The third kappa shape index (κ3) is 3.03. The Balaban J connectivity index is 1.88. The van der Waals surface area contributed by atoms with Crippen LogP contribution in [0.3, 0.4) is 0 Å². The smallest absolute Gasteiger partial charge is 0.190 e. The van der Waals surface area contributed by atoms with Crippen molar-refractivity contribution in [3.05, 3.63) is 10.4 Å². The van der Waals surface area contributed by atoms with E-state index >= 15 is 0 Å². The fraction of sp³-hybridized carbons (Fsp3) is 0.647. The number of rotatable bonds is 3. The van der Waals surface area contributed by atoms with Gasteiger partial charge in [0.2, 0.25) is 0 Å². The lowest BCUT2D eigenvalue weighted by atomic mass is 9.94. The fourth-order valence-electron chi connectivity index (χ4n) is 3.49. The highest BCUT2D eigenvalue weighted by molar-refractivity contribution is 7.99. The van der Waals surface area contributed by atoms with Crippen LogP contribution in [0.4, 0.5) is 5.82 Å². The SMILES string of the molecule is CCSc1nc(N2CC[NH2+]CC2)c2c3c(sc2n1)COC(C)(C)C3. The fourth-order valence-corrected chi connectivity index (χ4v) is 5.21. The van der Waals surface area contributed by atoms with Crippen LogP contribution in [0.15, 0.2) is 5.16 Å². The molecule has 2 aromatic heterocycles. The molecule has 0 amide bonds. The van der Waals surface area contributed by atoms with Gasteiger partial charge in [-0.15, -0.1) is 11.3 Å². The van der Waals surface area contributed by atoms with Gasteiger partial charge in [-0.25, -0.2) is 9.97 Å². The van der Waals surface area contributed by atoms with Gasteiger partial charge in [-0.05, 0) is 25.2 Å². The third-order valence-electron chi connectivity index (χ3n) is 4.67. The topological polar surface area (TPSA) is 54.9 Å². The molecule has 7 heteroatoms. The second-order valence-electron chi connectivity index (χ2n) is 7.02. The Morgan fingerprint density at radius 2 is 2.08 bits per heavy atom. The minimum Gasteiger partial charge on any atom is -0.370 e. The van der Waals surface area contributed by atoms with Crippen molar-refractivity contribution in [3.63, 3.8) is 0 Å². The summed E-state index contributed by atoms with van der Waals surface area (Å²) >= 11 is 3.53. The van der Waals surface area contributed by atoms with Gasteiger partial charge in [-0.2, -0.15) is 0 Å². The van der Waals surface area contributed by atoms with E-state index in [1.807, 2.05) is 0 Å². The largest absolute Gasteiger partial charge is 0.370 e. The zero-order valence-corrected chi connectivity index (χ0v) is 16.2. The Morgan fingerprint density at radius 3 is 2.83 bits per heavy atom. The average molecular weight is 366 g/mol. The molecular formula is C17H25N4OS2+. The van der Waals surface area contributed by atoms with Gasteiger partial charge in [0.05, 0.1) is 43.8 Å². The molecule has 0 bridgehead atoms. The molecule has 0 aliphatic carbocycles. The molecule has 0 spiro atoms. The molecule has 130 valence electrons. The summed E-state index contributed by atoms with van der Waals surface area (Å²) in [5, 5.41) is 4.58. The zero-order chi connectivity index (χ0) is 16.7. The highest BCUT2D eigenvalue weighted by atomic mass is 32.2. The number of hydrogen-bond acceptors (Lipinski definition) is 6.